The molecule has 1 N–H and O–H groups in total. The van der Waals surface area contributed by atoms with Crippen LogP contribution < -0.4 is 4.90 Å². The lowest BCUT2D eigenvalue weighted by atomic mass is 10.1. The average Bonchev–Trinajstić information content (AvgIpc) is 2.47. The lowest BCUT2D eigenvalue weighted by molar-refractivity contribution is -0.117. The summed E-state index contributed by atoms with van der Waals surface area (Å²) in [7, 11) is 0. The second-order valence-corrected chi connectivity index (χ2v) is 5.93. The molecule has 0 aliphatic carbocycles. The van der Waals surface area contributed by atoms with E-state index in [0.29, 0.717) is 5.69 Å². The van der Waals surface area contributed by atoms with Gasteiger partial charge < -0.3 is 0 Å². The Morgan fingerprint density at radius 2 is 1.90 bits per heavy atom. The van der Waals surface area contributed by atoms with Gasteiger partial charge in [-0.25, -0.2) is 4.39 Å². The largest absolute Gasteiger partial charge is 0.278 e. The van der Waals surface area contributed by atoms with Crippen molar-refractivity contribution in [3.8, 4) is 0 Å². The van der Waals surface area contributed by atoms with E-state index < -0.39 is 0 Å². The summed E-state index contributed by atoms with van der Waals surface area (Å²) >= 11 is 1.28. The van der Waals surface area contributed by atoms with Gasteiger partial charge >= 0.3 is 0 Å². The second-order valence-electron chi connectivity index (χ2n) is 4.74. The van der Waals surface area contributed by atoms with Crippen LogP contribution >= 0.6 is 11.8 Å². The van der Waals surface area contributed by atoms with Gasteiger partial charge in [0.2, 0.25) is 5.91 Å². The number of hydrogen-bond acceptors (Lipinski definition) is 3. The standard InChI is InChI=1S/C16H13FN2OS/c17-12-6-4-5-11(9-12)14-10-15(20)19(16(18)21-14)13-7-2-1-3-8-13/h1-9,14,18H,10H2/t14-/m1/s1. The Balaban J connectivity index is 1.85. The van der Waals surface area contributed by atoms with E-state index in [9.17, 15) is 9.18 Å². The maximum absolute atomic E-state index is 13.3. The molecule has 1 atom stereocenters. The Morgan fingerprint density at radius 1 is 1.14 bits per heavy atom. The van der Waals surface area contributed by atoms with Crippen molar-refractivity contribution in [2.24, 2.45) is 0 Å². The van der Waals surface area contributed by atoms with Crippen LogP contribution in [-0.4, -0.2) is 11.1 Å². The summed E-state index contributed by atoms with van der Waals surface area (Å²) in [5, 5.41) is 8.09. The minimum Gasteiger partial charge on any atom is -0.278 e. The van der Waals surface area contributed by atoms with Gasteiger partial charge in [-0.2, -0.15) is 0 Å². The number of para-hydroxylation sites is 1. The van der Waals surface area contributed by atoms with E-state index in [1.807, 2.05) is 18.2 Å². The summed E-state index contributed by atoms with van der Waals surface area (Å²) in [6, 6.07) is 15.4. The zero-order valence-corrected chi connectivity index (χ0v) is 11.9. The molecule has 5 heteroatoms. The quantitative estimate of drug-likeness (QED) is 0.912. The molecule has 0 bridgehead atoms. The van der Waals surface area contributed by atoms with Crippen molar-refractivity contribution >= 4 is 28.5 Å². The summed E-state index contributed by atoms with van der Waals surface area (Å²) in [4.78, 5) is 13.8. The number of amides is 1. The fourth-order valence-electron chi connectivity index (χ4n) is 2.32. The topological polar surface area (TPSA) is 44.2 Å². The molecule has 0 unspecified atom stereocenters. The third kappa shape index (κ3) is 2.83. The first-order chi connectivity index (χ1) is 10.1. The van der Waals surface area contributed by atoms with Gasteiger partial charge in [0.15, 0.2) is 5.17 Å². The second kappa shape index (κ2) is 5.69. The number of halogens is 1. The van der Waals surface area contributed by atoms with Crippen LogP contribution in [0, 0.1) is 11.2 Å². The summed E-state index contributed by atoms with van der Waals surface area (Å²) in [5.41, 5.74) is 1.43. The molecule has 106 valence electrons. The number of amidine groups is 1. The molecule has 1 fully saturated rings. The molecule has 3 rings (SSSR count). The number of thioether (sulfide) groups is 1. The number of anilines is 1. The Morgan fingerprint density at radius 3 is 2.57 bits per heavy atom. The third-order valence-corrected chi connectivity index (χ3v) is 4.43. The monoisotopic (exact) mass is 300 g/mol. The molecule has 1 aliphatic heterocycles. The number of carbonyl (C=O) groups is 1. The molecule has 0 aromatic heterocycles. The highest BCUT2D eigenvalue weighted by Crippen LogP contribution is 2.39. The SMILES string of the molecule is N=C1S[C@@H](c2cccc(F)c2)CC(=O)N1c1ccccc1. The van der Waals surface area contributed by atoms with Gasteiger partial charge in [-0.1, -0.05) is 42.1 Å². The number of rotatable bonds is 2. The van der Waals surface area contributed by atoms with Crippen molar-refractivity contribution in [3.63, 3.8) is 0 Å². The van der Waals surface area contributed by atoms with Gasteiger partial charge in [0.05, 0.1) is 5.69 Å². The van der Waals surface area contributed by atoms with E-state index in [1.165, 1.54) is 28.8 Å². The van der Waals surface area contributed by atoms with E-state index in [2.05, 4.69) is 0 Å². The average molecular weight is 300 g/mol. The summed E-state index contributed by atoms with van der Waals surface area (Å²) in [5.74, 6) is -0.461. The van der Waals surface area contributed by atoms with Crippen LogP contribution in [0.1, 0.15) is 17.2 Å². The van der Waals surface area contributed by atoms with Crippen molar-refractivity contribution in [2.45, 2.75) is 11.7 Å². The Kier molecular flexibility index (Phi) is 3.75. The van der Waals surface area contributed by atoms with E-state index >= 15 is 0 Å². The van der Waals surface area contributed by atoms with Crippen LogP contribution in [0.3, 0.4) is 0 Å². The zero-order valence-electron chi connectivity index (χ0n) is 11.1. The highest BCUT2D eigenvalue weighted by atomic mass is 32.2. The summed E-state index contributed by atoms with van der Waals surface area (Å²) in [6.45, 7) is 0. The third-order valence-electron chi connectivity index (χ3n) is 3.30. The normalized spacial score (nSPS) is 18.9. The molecule has 0 radical (unpaired) electrons. The molecule has 1 amide bonds. The molecular weight excluding hydrogens is 287 g/mol. The fourth-order valence-corrected chi connectivity index (χ4v) is 3.41. The van der Waals surface area contributed by atoms with Crippen LogP contribution in [0.25, 0.3) is 0 Å². The fraction of sp³-hybridized carbons (Fsp3) is 0.125. The Hall–Kier alpha value is -2.14. The van der Waals surface area contributed by atoms with Crippen LogP contribution in [-0.2, 0) is 4.79 Å². The molecule has 0 saturated carbocycles. The van der Waals surface area contributed by atoms with Gasteiger partial charge in [0.25, 0.3) is 0 Å². The van der Waals surface area contributed by atoms with E-state index in [-0.39, 0.29) is 28.6 Å². The van der Waals surface area contributed by atoms with Crippen LogP contribution in [0.4, 0.5) is 10.1 Å². The van der Waals surface area contributed by atoms with Gasteiger partial charge in [0, 0.05) is 11.7 Å². The molecule has 1 aliphatic rings. The van der Waals surface area contributed by atoms with Gasteiger partial charge in [-0.05, 0) is 29.8 Å². The van der Waals surface area contributed by atoms with Crippen molar-refractivity contribution < 1.29 is 9.18 Å². The molecule has 1 saturated heterocycles. The first kappa shape index (κ1) is 13.8. The maximum atomic E-state index is 13.3. The van der Waals surface area contributed by atoms with Gasteiger partial charge in [0.1, 0.15) is 5.82 Å². The Bertz CT molecular complexity index is 672. The first-order valence-electron chi connectivity index (χ1n) is 6.54. The van der Waals surface area contributed by atoms with Crippen molar-refractivity contribution in [3.05, 3.63) is 66.0 Å². The maximum Gasteiger partial charge on any atom is 0.234 e. The number of benzene rings is 2. The van der Waals surface area contributed by atoms with E-state index in [0.717, 1.165) is 5.56 Å². The number of nitrogens with one attached hydrogen (secondary N) is 1. The predicted molar refractivity (Wildman–Crippen MR) is 83.0 cm³/mol. The van der Waals surface area contributed by atoms with Crippen molar-refractivity contribution in [2.75, 3.05) is 4.90 Å². The lowest BCUT2D eigenvalue weighted by Gasteiger charge is -2.31. The molecule has 21 heavy (non-hydrogen) atoms. The minimum atomic E-state index is -0.322. The van der Waals surface area contributed by atoms with Crippen molar-refractivity contribution in [1.82, 2.24) is 0 Å². The van der Waals surface area contributed by atoms with Gasteiger partial charge in [-0.15, -0.1) is 0 Å². The Labute approximate surface area is 126 Å². The molecule has 2 aromatic rings. The first-order valence-corrected chi connectivity index (χ1v) is 7.42. The molecule has 2 aromatic carbocycles. The summed E-state index contributed by atoms with van der Waals surface area (Å²) < 4.78 is 13.3. The predicted octanol–water partition coefficient (Wildman–Crippen LogP) is 3.97. The lowest BCUT2D eigenvalue weighted by Crippen LogP contribution is -2.39. The number of carbonyl (C=O) groups excluding carboxylic acids is 1. The van der Waals surface area contributed by atoms with Crippen LogP contribution in [0.2, 0.25) is 0 Å². The molecule has 1 heterocycles. The zero-order chi connectivity index (χ0) is 14.8. The van der Waals surface area contributed by atoms with Crippen LogP contribution in [0.15, 0.2) is 54.6 Å². The minimum absolute atomic E-state index is 0.140. The van der Waals surface area contributed by atoms with Crippen molar-refractivity contribution in [1.29, 1.82) is 5.41 Å². The molecule has 3 nitrogen and oxygen atoms in total. The highest BCUT2D eigenvalue weighted by Gasteiger charge is 2.32. The summed E-state index contributed by atoms with van der Waals surface area (Å²) in [6.07, 6.45) is 0.255. The molecular formula is C16H13FN2OS. The molecule has 0 spiro atoms. The smallest absolute Gasteiger partial charge is 0.234 e. The van der Waals surface area contributed by atoms with Crippen LogP contribution in [0.5, 0.6) is 0 Å². The number of nitrogens with zero attached hydrogens (tertiary/aromatic N) is 1. The van der Waals surface area contributed by atoms with E-state index in [4.69, 9.17) is 5.41 Å². The van der Waals surface area contributed by atoms with E-state index in [1.54, 1.807) is 24.3 Å². The highest BCUT2D eigenvalue weighted by molar-refractivity contribution is 8.14. The number of hydrogen-bond donors (Lipinski definition) is 1. The van der Waals surface area contributed by atoms with Gasteiger partial charge in [-0.3, -0.25) is 15.1 Å².